The monoisotopic (exact) mass is 412 g/mol. The lowest BCUT2D eigenvalue weighted by molar-refractivity contribution is 0.0695. The van der Waals surface area contributed by atoms with Gasteiger partial charge >= 0.3 is 11.9 Å². The van der Waals surface area contributed by atoms with Gasteiger partial charge in [0, 0.05) is 30.5 Å². The third-order valence-corrected chi connectivity index (χ3v) is 4.65. The number of nitrogens with two attached hydrogens (primary N) is 1. The number of carboxylic acid groups (broad SMARTS) is 2. The van der Waals surface area contributed by atoms with Crippen molar-refractivity contribution in [2.75, 3.05) is 23.7 Å². The molecule has 3 aromatic rings. The number of carbonyl (C=O) groups is 2. The minimum Gasteiger partial charge on any atom is -0.478 e. The summed E-state index contributed by atoms with van der Waals surface area (Å²) in [7, 11) is 0. The van der Waals surface area contributed by atoms with E-state index >= 15 is 0 Å². The molecule has 0 unspecified atom stereocenters. The van der Waals surface area contributed by atoms with Crippen molar-refractivity contribution in [2.45, 2.75) is 13.5 Å². The van der Waals surface area contributed by atoms with Gasteiger partial charge in [0.15, 0.2) is 0 Å². The number of nitrogen functional groups attached to an aromatic ring is 1. The van der Waals surface area contributed by atoms with Crippen molar-refractivity contribution >= 4 is 23.4 Å². The fourth-order valence-electron chi connectivity index (χ4n) is 3.22. The molecule has 3 rings (SSSR count). The maximum Gasteiger partial charge on any atom is 0.342 e. The van der Waals surface area contributed by atoms with E-state index in [1.165, 1.54) is 0 Å². The highest BCUT2D eigenvalue weighted by molar-refractivity contribution is 6.07. The number of benzene rings is 1. The number of pyridine rings is 1. The van der Waals surface area contributed by atoms with E-state index in [2.05, 4.69) is 20.2 Å². The van der Waals surface area contributed by atoms with Gasteiger partial charge in [0.25, 0.3) is 5.56 Å². The van der Waals surface area contributed by atoms with Gasteiger partial charge in [-0.2, -0.15) is 0 Å². The van der Waals surface area contributed by atoms with Crippen molar-refractivity contribution in [1.82, 2.24) is 20.0 Å². The summed E-state index contributed by atoms with van der Waals surface area (Å²) in [5.41, 5.74) is 4.44. The smallest absolute Gasteiger partial charge is 0.342 e. The summed E-state index contributed by atoms with van der Waals surface area (Å²) in [5.74, 6) is -3.38. The summed E-state index contributed by atoms with van der Waals surface area (Å²) >= 11 is 0. The van der Waals surface area contributed by atoms with Crippen LogP contribution in [0.15, 0.2) is 41.5 Å². The van der Waals surface area contributed by atoms with Crippen molar-refractivity contribution < 1.29 is 19.8 Å². The predicted octanol–water partition coefficient (Wildman–Crippen LogP) is 1.14. The summed E-state index contributed by atoms with van der Waals surface area (Å²) in [5, 5.41) is 26.7. The van der Waals surface area contributed by atoms with E-state index in [0.717, 1.165) is 5.69 Å². The maximum absolute atomic E-state index is 12.1. The van der Waals surface area contributed by atoms with E-state index in [0.29, 0.717) is 19.6 Å². The molecule has 0 saturated carbocycles. The maximum atomic E-state index is 12.1. The number of carboxylic acids is 2. The van der Waals surface area contributed by atoms with Crippen molar-refractivity contribution in [1.29, 1.82) is 0 Å². The zero-order valence-corrected chi connectivity index (χ0v) is 16.1. The Morgan fingerprint density at radius 1 is 1.17 bits per heavy atom. The van der Waals surface area contributed by atoms with Gasteiger partial charge in [-0.3, -0.25) is 9.48 Å². The Kier molecular flexibility index (Phi) is 5.81. The average Bonchev–Trinajstić information content (AvgIpc) is 3.21. The van der Waals surface area contributed by atoms with Crippen LogP contribution in [0.4, 0.5) is 11.5 Å². The number of nitrogens with one attached hydrogen (secondary N) is 1. The Hall–Kier alpha value is -4.15. The summed E-state index contributed by atoms with van der Waals surface area (Å²) in [6.45, 7) is 3.95. The highest BCUT2D eigenvalue weighted by Crippen LogP contribution is 2.30. The molecule has 0 aliphatic rings. The summed E-state index contributed by atoms with van der Waals surface area (Å²) < 4.78 is 1.70. The van der Waals surface area contributed by atoms with Crippen LogP contribution in [0.2, 0.25) is 0 Å². The van der Waals surface area contributed by atoms with Crippen LogP contribution in [0.3, 0.4) is 0 Å². The van der Waals surface area contributed by atoms with E-state index in [1.54, 1.807) is 41.3 Å². The molecule has 0 bridgehead atoms. The van der Waals surface area contributed by atoms with Gasteiger partial charge in [0.1, 0.15) is 16.9 Å². The van der Waals surface area contributed by atoms with E-state index in [1.807, 2.05) is 6.92 Å². The fraction of sp³-hybridized carbons (Fsp3) is 0.211. The van der Waals surface area contributed by atoms with Gasteiger partial charge in [-0.1, -0.05) is 17.3 Å². The van der Waals surface area contributed by atoms with Gasteiger partial charge in [-0.25, -0.2) is 9.59 Å². The Morgan fingerprint density at radius 3 is 2.37 bits per heavy atom. The van der Waals surface area contributed by atoms with Gasteiger partial charge in [-0.05, 0) is 24.6 Å². The first kappa shape index (κ1) is 20.6. The first-order chi connectivity index (χ1) is 14.3. The number of anilines is 2. The second-order valence-electron chi connectivity index (χ2n) is 6.40. The highest BCUT2D eigenvalue weighted by atomic mass is 16.4. The lowest BCUT2D eigenvalue weighted by Crippen LogP contribution is -2.27. The van der Waals surface area contributed by atoms with Crippen LogP contribution in [0.1, 0.15) is 27.6 Å². The molecule has 5 N–H and O–H groups in total. The molecule has 156 valence electrons. The molecule has 2 heterocycles. The highest BCUT2D eigenvalue weighted by Gasteiger charge is 2.26. The van der Waals surface area contributed by atoms with Gasteiger partial charge in [0.05, 0.1) is 12.7 Å². The van der Waals surface area contributed by atoms with Crippen molar-refractivity contribution in [3.8, 4) is 11.1 Å². The molecule has 0 aliphatic heterocycles. The van der Waals surface area contributed by atoms with E-state index in [-0.39, 0.29) is 11.1 Å². The standard InChI is InChI=1S/C19H20N6O5/c1-2-24(9-10-25-8-7-21-23-25)12-5-3-11(4-6-12)13-14(18(27)28)16(20)22-17(26)15(13)19(29)30/h3-8H,2,9-10H2,1H3,(H,27,28)(H,29,30)(H3,20,22,26). The van der Waals surface area contributed by atoms with Crippen LogP contribution in [-0.4, -0.2) is 55.2 Å². The molecule has 11 heteroatoms. The molecular weight excluding hydrogens is 392 g/mol. The number of aromatic amines is 1. The predicted molar refractivity (Wildman–Crippen MR) is 109 cm³/mol. The Bertz CT molecular complexity index is 1120. The number of hydrogen-bond donors (Lipinski definition) is 4. The molecule has 1 aromatic carbocycles. The minimum absolute atomic E-state index is 0.228. The fourth-order valence-corrected chi connectivity index (χ4v) is 3.22. The molecule has 11 nitrogen and oxygen atoms in total. The Morgan fingerprint density at radius 2 is 1.83 bits per heavy atom. The summed E-state index contributed by atoms with van der Waals surface area (Å²) in [6.07, 6.45) is 3.35. The molecule has 0 saturated heterocycles. The quantitative estimate of drug-likeness (QED) is 0.424. The normalized spacial score (nSPS) is 10.7. The summed E-state index contributed by atoms with van der Waals surface area (Å²) in [6, 6.07) is 6.60. The molecule has 0 spiro atoms. The largest absolute Gasteiger partial charge is 0.478 e. The lowest BCUT2D eigenvalue weighted by Gasteiger charge is -2.23. The summed E-state index contributed by atoms with van der Waals surface area (Å²) in [4.78, 5) is 39.6. The molecular formula is C19H20N6O5. The van der Waals surface area contributed by atoms with E-state index in [9.17, 15) is 24.6 Å². The molecule has 0 aliphatic carbocycles. The molecule has 0 atom stereocenters. The number of likely N-dealkylation sites (N-methyl/N-ethyl adjacent to an activating group) is 1. The molecule has 2 aromatic heterocycles. The van der Waals surface area contributed by atoms with Crippen LogP contribution in [-0.2, 0) is 6.54 Å². The third kappa shape index (κ3) is 3.99. The van der Waals surface area contributed by atoms with Crippen molar-refractivity contribution in [2.24, 2.45) is 0 Å². The molecule has 0 fully saturated rings. The number of nitrogens with zero attached hydrogens (tertiary/aromatic N) is 4. The third-order valence-electron chi connectivity index (χ3n) is 4.65. The van der Waals surface area contributed by atoms with Crippen molar-refractivity contribution in [3.05, 3.63) is 58.1 Å². The zero-order valence-electron chi connectivity index (χ0n) is 16.1. The van der Waals surface area contributed by atoms with E-state index < -0.39 is 34.4 Å². The SMILES string of the molecule is CCN(CCn1ccnn1)c1ccc(-c2c(C(=O)O)c(N)[nH]c(=O)c2C(=O)O)cc1. The molecule has 0 radical (unpaired) electrons. The van der Waals surface area contributed by atoms with E-state index in [4.69, 9.17) is 5.73 Å². The second kappa shape index (κ2) is 8.47. The van der Waals surface area contributed by atoms with Gasteiger partial charge in [-0.15, -0.1) is 5.10 Å². The van der Waals surface area contributed by atoms with Crippen LogP contribution < -0.4 is 16.2 Å². The topological polar surface area (TPSA) is 167 Å². The average molecular weight is 412 g/mol. The zero-order chi connectivity index (χ0) is 21.8. The van der Waals surface area contributed by atoms with Crippen LogP contribution >= 0.6 is 0 Å². The minimum atomic E-state index is -1.54. The lowest BCUT2D eigenvalue weighted by atomic mass is 9.95. The number of H-pyrrole nitrogens is 1. The first-order valence-corrected chi connectivity index (χ1v) is 9.05. The second-order valence-corrected chi connectivity index (χ2v) is 6.40. The van der Waals surface area contributed by atoms with Gasteiger partial charge < -0.3 is 25.8 Å². The number of aromatic nitrogens is 4. The van der Waals surface area contributed by atoms with Crippen LogP contribution in [0.25, 0.3) is 11.1 Å². The van der Waals surface area contributed by atoms with Gasteiger partial charge in [0.2, 0.25) is 0 Å². The number of rotatable bonds is 8. The molecule has 0 amide bonds. The van der Waals surface area contributed by atoms with Crippen LogP contribution in [0, 0.1) is 0 Å². The molecule has 30 heavy (non-hydrogen) atoms. The Labute approximate surface area is 170 Å². The number of hydrogen-bond acceptors (Lipinski definition) is 7. The number of aromatic carboxylic acids is 2. The van der Waals surface area contributed by atoms with Crippen molar-refractivity contribution in [3.63, 3.8) is 0 Å². The Balaban J connectivity index is 2.00. The van der Waals surface area contributed by atoms with Crippen LogP contribution in [0.5, 0.6) is 0 Å². The first-order valence-electron chi connectivity index (χ1n) is 9.05.